The van der Waals surface area contributed by atoms with E-state index >= 15 is 0 Å². The van der Waals surface area contributed by atoms with E-state index in [4.69, 9.17) is 4.74 Å². The number of nitrogens with zero attached hydrogens (tertiary/aromatic N) is 1. The van der Waals surface area contributed by atoms with Gasteiger partial charge in [0.15, 0.2) is 0 Å². The Morgan fingerprint density at radius 1 is 1.37 bits per heavy atom. The van der Waals surface area contributed by atoms with Crippen LogP contribution in [0.1, 0.15) is 19.3 Å². The van der Waals surface area contributed by atoms with Crippen LogP contribution in [0.4, 0.5) is 10.1 Å². The average Bonchev–Trinajstić information content (AvgIpc) is 3.24. The largest absolute Gasteiger partial charge is 0.494 e. The van der Waals surface area contributed by atoms with Gasteiger partial charge >= 0.3 is 0 Å². The fourth-order valence-electron chi connectivity index (χ4n) is 2.90. The Morgan fingerprint density at radius 2 is 2.21 bits per heavy atom. The first-order valence-electron chi connectivity index (χ1n) is 7.10. The highest BCUT2D eigenvalue weighted by atomic mass is 19.1. The molecule has 0 spiro atoms. The van der Waals surface area contributed by atoms with E-state index in [1.165, 1.54) is 25.0 Å². The van der Waals surface area contributed by atoms with Crippen LogP contribution in [-0.2, 0) is 0 Å². The van der Waals surface area contributed by atoms with Crippen LogP contribution in [0, 0.1) is 11.7 Å². The van der Waals surface area contributed by atoms with Crippen molar-refractivity contribution in [3.05, 3.63) is 24.0 Å². The maximum atomic E-state index is 13.3. The molecule has 1 saturated carbocycles. The summed E-state index contributed by atoms with van der Waals surface area (Å²) in [6.45, 7) is 3.06. The van der Waals surface area contributed by atoms with E-state index in [9.17, 15) is 4.39 Å². The highest BCUT2D eigenvalue weighted by Crippen LogP contribution is 2.36. The molecule has 0 amide bonds. The van der Waals surface area contributed by atoms with Crippen molar-refractivity contribution in [3.8, 4) is 5.75 Å². The fourth-order valence-corrected chi connectivity index (χ4v) is 2.90. The molecule has 0 bridgehead atoms. The summed E-state index contributed by atoms with van der Waals surface area (Å²) in [5, 5.41) is 3.64. The van der Waals surface area contributed by atoms with Gasteiger partial charge in [-0.05, 0) is 43.9 Å². The first-order valence-corrected chi connectivity index (χ1v) is 7.10. The van der Waals surface area contributed by atoms with Crippen LogP contribution in [0.3, 0.4) is 0 Å². The lowest BCUT2D eigenvalue weighted by Crippen LogP contribution is -2.39. The molecule has 1 N–H and O–H groups in total. The van der Waals surface area contributed by atoms with E-state index in [0.717, 1.165) is 37.7 Å². The number of hydrogen-bond acceptors (Lipinski definition) is 3. The lowest BCUT2D eigenvalue weighted by atomic mass is 10.1. The highest BCUT2D eigenvalue weighted by molar-refractivity contribution is 5.59. The second-order valence-electron chi connectivity index (χ2n) is 5.51. The molecule has 0 radical (unpaired) electrons. The van der Waals surface area contributed by atoms with Gasteiger partial charge in [-0.1, -0.05) is 0 Å². The minimum absolute atomic E-state index is 0.243. The molecule has 0 aromatic heterocycles. The van der Waals surface area contributed by atoms with Gasteiger partial charge in [0.1, 0.15) is 11.6 Å². The number of halogens is 1. The smallest absolute Gasteiger partial charge is 0.145 e. The second kappa shape index (κ2) is 5.37. The molecule has 1 heterocycles. The standard InChI is InChI=1S/C15H21FN2O/c1-19-15-9-12(16)5-6-14(15)18-8-2-7-17-13(10-18)11-3-4-11/h5-6,9,11,13,17H,2-4,7-8,10H2,1H3. The van der Waals surface area contributed by atoms with Crippen LogP contribution in [0.5, 0.6) is 5.75 Å². The molecule has 1 aromatic carbocycles. The van der Waals surface area contributed by atoms with Crippen LogP contribution in [0.2, 0.25) is 0 Å². The summed E-state index contributed by atoms with van der Waals surface area (Å²) in [4.78, 5) is 2.33. The van der Waals surface area contributed by atoms with Gasteiger partial charge in [-0.25, -0.2) is 4.39 Å². The molecular formula is C15H21FN2O. The van der Waals surface area contributed by atoms with E-state index in [1.807, 2.05) is 6.07 Å². The van der Waals surface area contributed by atoms with Crippen LogP contribution < -0.4 is 15.0 Å². The molecule has 3 nitrogen and oxygen atoms in total. The quantitative estimate of drug-likeness (QED) is 0.907. The van der Waals surface area contributed by atoms with Gasteiger partial charge in [-0.3, -0.25) is 0 Å². The lowest BCUT2D eigenvalue weighted by Gasteiger charge is -2.28. The fraction of sp³-hybridized carbons (Fsp3) is 0.600. The lowest BCUT2D eigenvalue weighted by molar-refractivity contribution is 0.409. The van der Waals surface area contributed by atoms with Crippen LogP contribution in [-0.4, -0.2) is 32.8 Å². The molecule has 19 heavy (non-hydrogen) atoms. The Hall–Kier alpha value is -1.29. The number of anilines is 1. The zero-order valence-electron chi connectivity index (χ0n) is 11.4. The van der Waals surface area contributed by atoms with Crippen molar-refractivity contribution < 1.29 is 9.13 Å². The zero-order chi connectivity index (χ0) is 13.2. The summed E-state index contributed by atoms with van der Waals surface area (Å²) in [5.41, 5.74) is 1.01. The van der Waals surface area contributed by atoms with Crippen LogP contribution >= 0.6 is 0 Å². The summed E-state index contributed by atoms with van der Waals surface area (Å²) in [7, 11) is 1.60. The molecule has 1 atom stereocenters. The van der Waals surface area contributed by atoms with Crippen molar-refractivity contribution in [3.63, 3.8) is 0 Å². The summed E-state index contributed by atoms with van der Waals surface area (Å²) < 4.78 is 18.6. The summed E-state index contributed by atoms with van der Waals surface area (Å²) >= 11 is 0. The molecule has 4 heteroatoms. The molecule has 2 aliphatic rings. The minimum atomic E-state index is -0.243. The third-order valence-corrected chi connectivity index (χ3v) is 4.10. The minimum Gasteiger partial charge on any atom is -0.494 e. The van der Waals surface area contributed by atoms with Gasteiger partial charge in [-0.2, -0.15) is 0 Å². The van der Waals surface area contributed by atoms with Crippen LogP contribution in [0.25, 0.3) is 0 Å². The predicted molar refractivity (Wildman–Crippen MR) is 74.3 cm³/mol. The van der Waals surface area contributed by atoms with Gasteiger partial charge < -0.3 is 15.0 Å². The Kier molecular flexibility index (Phi) is 3.60. The monoisotopic (exact) mass is 264 g/mol. The van der Waals surface area contributed by atoms with Crippen molar-refractivity contribution >= 4 is 5.69 Å². The van der Waals surface area contributed by atoms with Crippen molar-refractivity contribution in [1.82, 2.24) is 5.32 Å². The molecule has 1 saturated heterocycles. The Labute approximate surface area is 113 Å². The number of nitrogens with one attached hydrogen (secondary N) is 1. The maximum Gasteiger partial charge on any atom is 0.145 e. The number of ether oxygens (including phenoxy) is 1. The molecule has 1 aliphatic carbocycles. The summed E-state index contributed by atoms with van der Waals surface area (Å²) in [6, 6.07) is 5.39. The van der Waals surface area contributed by atoms with Crippen molar-refractivity contribution in [2.75, 3.05) is 31.6 Å². The molecule has 2 fully saturated rings. The van der Waals surface area contributed by atoms with E-state index in [-0.39, 0.29) is 5.82 Å². The summed E-state index contributed by atoms with van der Waals surface area (Å²) in [6.07, 6.45) is 3.79. The Balaban J connectivity index is 1.82. The maximum absolute atomic E-state index is 13.3. The van der Waals surface area contributed by atoms with E-state index in [2.05, 4.69) is 10.2 Å². The van der Waals surface area contributed by atoms with Crippen LogP contribution in [0.15, 0.2) is 18.2 Å². The first-order chi connectivity index (χ1) is 9.28. The Bertz CT molecular complexity index is 448. The number of benzene rings is 1. The normalized spacial score (nSPS) is 24.1. The van der Waals surface area contributed by atoms with E-state index in [0.29, 0.717) is 11.8 Å². The zero-order valence-corrected chi connectivity index (χ0v) is 11.4. The third kappa shape index (κ3) is 2.84. The predicted octanol–water partition coefficient (Wildman–Crippen LogP) is 2.41. The third-order valence-electron chi connectivity index (χ3n) is 4.10. The van der Waals surface area contributed by atoms with Gasteiger partial charge in [0.2, 0.25) is 0 Å². The summed E-state index contributed by atoms with van der Waals surface area (Å²) in [5.74, 6) is 1.22. The number of rotatable bonds is 3. The molecule has 1 aliphatic heterocycles. The van der Waals surface area contributed by atoms with Gasteiger partial charge in [0.25, 0.3) is 0 Å². The van der Waals surface area contributed by atoms with Gasteiger partial charge in [-0.15, -0.1) is 0 Å². The highest BCUT2D eigenvalue weighted by Gasteiger charge is 2.33. The Morgan fingerprint density at radius 3 is 2.95 bits per heavy atom. The molecule has 1 unspecified atom stereocenters. The number of methoxy groups -OCH3 is 1. The van der Waals surface area contributed by atoms with Crippen molar-refractivity contribution in [2.45, 2.75) is 25.3 Å². The molecule has 3 rings (SSSR count). The van der Waals surface area contributed by atoms with Crippen molar-refractivity contribution in [1.29, 1.82) is 0 Å². The SMILES string of the molecule is COc1cc(F)ccc1N1CCCNC(C2CC2)C1. The van der Waals surface area contributed by atoms with E-state index in [1.54, 1.807) is 7.11 Å². The van der Waals surface area contributed by atoms with Crippen molar-refractivity contribution in [2.24, 2.45) is 5.92 Å². The molecular weight excluding hydrogens is 243 g/mol. The number of hydrogen-bond donors (Lipinski definition) is 1. The average molecular weight is 264 g/mol. The topological polar surface area (TPSA) is 24.5 Å². The first kappa shape index (κ1) is 12.7. The molecule has 1 aromatic rings. The van der Waals surface area contributed by atoms with Gasteiger partial charge in [0, 0.05) is 25.2 Å². The second-order valence-corrected chi connectivity index (χ2v) is 5.51. The van der Waals surface area contributed by atoms with E-state index < -0.39 is 0 Å². The molecule has 104 valence electrons. The van der Waals surface area contributed by atoms with Gasteiger partial charge in [0.05, 0.1) is 12.8 Å².